The van der Waals surface area contributed by atoms with Gasteiger partial charge >= 0.3 is 0 Å². The molecule has 3 heterocycles. The Bertz CT molecular complexity index is 978. The maximum absolute atomic E-state index is 13.5. The van der Waals surface area contributed by atoms with E-state index in [1.807, 2.05) is 6.07 Å². The van der Waals surface area contributed by atoms with Crippen LogP contribution in [-0.2, 0) is 9.53 Å². The Kier molecular flexibility index (Phi) is 7.69. The number of pyridine rings is 1. The fourth-order valence-corrected chi connectivity index (χ4v) is 4.57. The van der Waals surface area contributed by atoms with E-state index in [0.29, 0.717) is 35.2 Å². The molecule has 0 radical (unpaired) electrons. The molecule has 1 aromatic carbocycles. The van der Waals surface area contributed by atoms with E-state index < -0.39 is 0 Å². The zero-order chi connectivity index (χ0) is 23.2. The van der Waals surface area contributed by atoms with Gasteiger partial charge in [0.1, 0.15) is 0 Å². The van der Waals surface area contributed by atoms with Crippen molar-refractivity contribution >= 4 is 29.0 Å². The van der Waals surface area contributed by atoms with Gasteiger partial charge in [0.2, 0.25) is 5.91 Å². The first-order valence-electron chi connectivity index (χ1n) is 11.8. The number of para-hydroxylation sites is 1. The number of hydrogen-bond donors (Lipinski definition) is 1. The highest BCUT2D eigenvalue weighted by atomic mass is 16.5. The lowest BCUT2D eigenvalue weighted by Gasteiger charge is -2.38. The van der Waals surface area contributed by atoms with E-state index in [9.17, 15) is 9.59 Å². The van der Waals surface area contributed by atoms with Gasteiger partial charge in [-0.15, -0.1) is 0 Å². The predicted octanol–water partition coefficient (Wildman–Crippen LogP) is 3.13. The Labute approximate surface area is 195 Å². The number of carbonyl (C=O) groups excluding carboxylic acids is 2. The number of morpholine rings is 1. The monoisotopic (exact) mass is 451 g/mol. The van der Waals surface area contributed by atoms with Crippen LogP contribution in [0, 0.1) is 0 Å². The number of nitrogens with one attached hydrogen (secondary N) is 1. The molecule has 0 unspecified atom stereocenters. The molecule has 2 amide bonds. The second-order valence-electron chi connectivity index (χ2n) is 8.43. The van der Waals surface area contributed by atoms with Crippen molar-refractivity contribution in [2.75, 3.05) is 56.2 Å². The number of nitrogens with zero attached hydrogens (tertiary/aromatic N) is 4. The standard InChI is InChI=1S/C25H33N5O3/c1-3-28(4-2)17-19-18-33-16-15-29(19)14-8-12-23(31)30-22-11-6-5-9-20(22)25(32)27-21-10-7-13-26-24(21)30/h5-7,9-11,13,19H,3-4,8,12,14-18H2,1-2H3,(H,27,32)/t19-/m1/s1. The fourth-order valence-electron chi connectivity index (χ4n) is 4.57. The summed E-state index contributed by atoms with van der Waals surface area (Å²) in [6, 6.07) is 11.1. The Hall–Kier alpha value is -2.81. The minimum absolute atomic E-state index is 0.0625. The van der Waals surface area contributed by atoms with Crippen molar-refractivity contribution in [2.45, 2.75) is 32.7 Å². The summed E-state index contributed by atoms with van der Waals surface area (Å²) in [7, 11) is 0. The molecule has 8 nitrogen and oxygen atoms in total. The Balaban J connectivity index is 1.47. The molecule has 1 atom stereocenters. The largest absolute Gasteiger partial charge is 0.378 e. The summed E-state index contributed by atoms with van der Waals surface area (Å²) in [6.07, 6.45) is 2.74. The SMILES string of the molecule is CCN(CC)C[C@@H]1COCCN1CCCC(=O)N1c2ccccc2C(=O)Nc2cccnc21. The molecule has 2 aromatic rings. The molecular formula is C25H33N5O3. The quantitative estimate of drug-likeness (QED) is 0.664. The van der Waals surface area contributed by atoms with Crippen molar-refractivity contribution in [3.8, 4) is 0 Å². The van der Waals surface area contributed by atoms with Gasteiger partial charge in [-0.2, -0.15) is 0 Å². The topological polar surface area (TPSA) is 78.0 Å². The molecule has 2 aliphatic heterocycles. The van der Waals surface area contributed by atoms with Crippen molar-refractivity contribution in [1.29, 1.82) is 0 Å². The molecule has 2 aliphatic rings. The summed E-state index contributed by atoms with van der Waals surface area (Å²) < 4.78 is 5.74. The maximum atomic E-state index is 13.5. The molecule has 1 fully saturated rings. The maximum Gasteiger partial charge on any atom is 0.257 e. The lowest BCUT2D eigenvalue weighted by atomic mass is 10.1. The number of hydrogen-bond acceptors (Lipinski definition) is 6. The third-order valence-electron chi connectivity index (χ3n) is 6.43. The van der Waals surface area contributed by atoms with Gasteiger partial charge in [0.05, 0.1) is 30.2 Å². The van der Waals surface area contributed by atoms with Gasteiger partial charge in [-0.1, -0.05) is 26.0 Å². The number of benzene rings is 1. The number of aromatic nitrogens is 1. The van der Waals surface area contributed by atoms with Crippen LogP contribution in [0.25, 0.3) is 0 Å². The molecule has 4 rings (SSSR count). The summed E-state index contributed by atoms with van der Waals surface area (Å²) in [4.78, 5) is 37.1. The van der Waals surface area contributed by atoms with E-state index in [1.165, 1.54) is 0 Å². The third-order valence-corrected chi connectivity index (χ3v) is 6.43. The first-order valence-corrected chi connectivity index (χ1v) is 11.8. The fraction of sp³-hybridized carbons (Fsp3) is 0.480. The zero-order valence-electron chi connectivity index (χ0n) is 19.5. The van der Waals surface area contributed by atoms with E-state index >= 15 is 0 Å². The summed E-state index contributed by atoms with van der Waals surface area (Å²) in [5.74, 6) is 0.168. The van der Waals surface area contributed by atoms with Crippen molar-refractivity contribution in [3.63, 3.8) is 0 Å². The molecule has 1 aromatic heterocycles. The highest BCUT2D eigenvalue weighted by Crippen LogP contribution is 2.36. The highest BCUT2D eigenvalue weighted by Gasteiger charge is 2.30. The minimum atomic E-state index is -0.234. The van der Waals surface area contributed by atoms with Gasteiger partial charge in [0, 0.05) is 31.7 Å². The number of likely N-dealkylation sites (N-methyl/N-ethyl adjacent to an activating group) is 1. The molecule has 1 saturated heterocycles. The van der Waals surface area contributed by atoms with Gasteiger partial charge in [-0.25, -0.2) is 4.98 Å². The van der Waals surface area contributed by atoms with Crippen LogP contribution in [0.2, 0.25) is 0 Å². The van der Waals surface area contributed by atoms with Crippen LogP contribution in [0.15, 0.2) is 42.6 Å². The molecular weight excluding hydrogens is 418 g/mol. The normalized spacial score (nSPS) is 18.5. The molecule has 8 heteroatoms. The van der Waals surface area contributed by atoms with Gasteiger partial charge in [0.15, 0.2) is 5.82 Å². The molecule has 176 valence electrons. The first kappa shape index (κ1) is 23.4. The minimum Gasteiger partial charge on any atom is -0.378 e. The molecule has 33 heavy (non-hydrogen) atoms. The van der Waals surface area contributed by atoms with Crippen molar-refractivity contribution < 1.29 is 14.3 Å². The Morgan fingerprint density at radius 2 is 2.03 bits per heavy atom. The summed E-state index contributed by atoms with van der Waals surface area (Å²) >= 11 is 0. The van der Waals surface area contributed by atoms with Gasteiger partial charge in [0.25, 0.3) is 5.91 Å². The molecule has 1 N–H and O–H groups in total. The second kappa shape index (κ2) is 10.9. The van der Waals surface area contributed by atoms with E-state index in [0.717, 1.165) is 52.4 Å². The second-order valence-corrected chi connectivity index (χ2v) is 8.43. The average Bonchev–Trinajstić information content (AvgIpc) is 2.97. The lowest BCUT2D eigenvalue weighted by Crippen LogP contribution is -2.51. The Morgan fingerprint density at radius 3 is 2.85 bits per heavy atom. The van der Waals surface area contributed by atoms with Crippen molar-refractivity contribution in [2.24, 2.45) is 0 Å². The lowest BCUT2D eigenvalue weighted by molar-refractivity contribution is -0.118. The van der Waals surface area contributed by atoms with Crippen LogP contribution >= 0.6 is 0 Å². The molecule has 0 aliphatic carbocycles. The van der Waals surface area contributed by atoms with Crippen LogP contribution in [0.4, 0.5) is 17.2 Å². The number of carbonyl (C=O) groups is 2. The summed E-state index contributed by atoms with van der Waals surface area (Å²) in [5.41, 5.74) is 1.58. The van der Waals surface area contributed by atoms with Crippen molar-refractivity contribution in [1.82, 2.24) is 14.8 Å². The first-order chi connectivity index (χ1) is 16.1. The van der Waals surface area contributed by atoms with Gasteiger partial charge < -0.3 is 15.0 Å². The van der Waals surface area contributed by atoms with Crippen LogP contribution in [-0.4, -0.2) is 78.6 Å². The predicted molar refractivity (Wildman–Crippen MR) is 129 cm³/mol. The smallest absolute Gasteiger partial charge is 0.257 e. The van der Waals surface area contributed by atoms with Crippen LogP contribution in [0.5, 0.6) is 0 Å². The van der Waals surface area contributed by atoms with Gasteiger partial charge in [-0.05, 0) is 50.3 Å². The highest BCUT2D eigenvalue weighted by molar-refractivity contribution is 6.17. The van der Waals surface area contributed by atoms with E-state index in [4.69, 9.17) is 4.74 Å². The summed E-state index contributed by atoms with van der Waals surface area (Å²) in [6.45, 7) is 10.6. The molecule has 0 saturated carbocycles. The molecule has 0 bridgehead atoms. The number of rotatable bonds is 8. The number of amides is 2. The van der Waals surface area contributed by atoms with E-state index in [2.05, 4.69) is 33.9 Å². The van der Waals surface area contributed by atoms with Crippen LogP contribution < -0.4 is 10.2 Å². The van der Waals surface area contributed by atoms with Gasteiger partial charge in [-0.3, -0.25) is 19.4 Å². The van der Waals surface area contributed by atoms with E-state index in [-0.39, 0.29) is 11.8 Å². The van der Waals surface area contributed by atoms with E-state index in [1.54, 1.807) is 41.4 Å². The average molecular weight is 452 g/mol. The number of ether oxygens (including phenoxy) is 1. The zero-order valence-corrected chi connectivity index (χ0v) is 19.5. The van der Waals surface area contributed by atoms with Crippen LogP contribution in [0.3, 0.4) is 0 Å². The molecule has 0 spiro atoms. The third kappa shape index (κ3) is 5.24. The number of anilines is 3. The number of fused-ring (bicyclic) bond motifs is 2. The summed E-state index contributed by atoms with van der Waals surface area (Å²) in [5, 5.41) is 2.88. The van der Waals surface area contributed by atoms with Crippen molar-refractivity contribution in [3.05, 3.63) is 48.2 Å². The Morgan fingerprint density at radius 1 is 1.21 bits per heavy atom. The van der Waals surface area contributed by atoms with Crippen LogP contribution in [0.1, 0.15) is 37.0 Å².